The molecule has 11 N–H and O–H groups in total. The van der Waals surface area contributed by atoms with Gasteiger partial charge in [0.2, 0.25) is 23.6 Å². The Morgan fingerprint density at radius 2 is 1.42 bits per heavy atom. The lowest BCUT2D eigenvalue weighted by atomic mass is 10.1. The number of carboxylic acids is 1. The van der Waals surface area contributed by atoms with Gasteiger partial charge in [0.05, 0.1) is 6.04 Å². The Kier molecular flexibility index (Phi) is 12.2. The first kappa shape index (κ1) is 27.6. The van der Waals surface area contributed by atoms with Crippen LogP contribution in [0.4, 0.5) is 0 Å². The quantitative estimate of drug-likeness (QED) is 0.0784. The van der Waals surface area contributed by atoms with Gasteiger partial charge in [-0.15, -0.1) is 0 Å². The first-order valence-electron chi connectivity index (χ1n) is 9.56. The van der Waals surface area contributed by atoms with Gasteiger partial charge in [-0.1, -0.05) is 0 Å². The highest BCUT2D eigenvalue weighted by Gasteiger charge is 2.27. The molecule has 0 aromatic carbocycles. The molecule has 0 unspecified atom stereocenters. The number of hydrogen-bond donors (Lipinski definition) is 8. The second-order valence-electron chi connectivity index (χ2n) is 6.87. The molecule has 0 saturated heterocycles. The second-order valence-corrected chi connectivity index (χ2v) is 6.87. The molecule has 0 aliphatic heterocycles. The van der Waals surface area contributed by atoms with Gasteiger partial charge in [-0.25, -0.2) is 0 Å². The molecule has 0 fully saturated rings. The fraction of sp³-hybridized carbons (Fsp3) is 0.647. The maximum absolute atomic E-state index is 12.6. The Bertz CT molecular complexity index is 692. The van der Waals surface area contributed by atoms with Gasteiger partial charge >= 0.3 is 5.97 Å². The number of nitrogens with two attached hydrogens (primary N) is 3. The van der Waals surface area contributed by atoms with Gasteiger partial charge in [-0.2, -0.15) is 0 Å². The highest BCUT2D eigenvalue weighted by molar-refractivity contribution is 5.94. The number of hydrogen-bond acceptors (Lipinski definition) is 7. The van der Waals surface area contributed by atoms with Gasteiger partial charge < -0.3 is 43.6 Å². The molecular weight excluding hydrogens is 412 g/mol. The van der Waals surface area contributed by atoms with Gasteiger partial charge in [0.25, 0.3) is 0 Å². The monoisotopic (exact) mass is 444 g/mol. The van der Waals surface area contributed by atoms with Crippen LogP contribution in [0.15, 0.2) is 4.99 Å². The maximum Gasteiger partial charge on any atom is 0.322 e. The first-order valence-corrected chi connectivity index (χ1v) is 9.56. The van der Waals surface area contributed by atoms with E-state index in [1.54, 1.807) is 0 Å². The van der Waals surface area contributed by atoms with E-state index in [0.29, 0.717) is 6.42 Å². The summed E-state index contributed by atoms with van der Waals surface area (Å²) in [6.07, 6.45) is 0.461. The zero-order chi connectivity index (χ0) is 24.1. The zero-order valence-electron chi connectivity index (χ0n) is 17.8. The third-order valence-electron chi connectivity index (χ3n) is 3.91. The van der Waals surface area contributed by atoms with Crippen molar-refractivity contribution in [2.75, 3.05) is 13.1 Å². The van der Waals surface area contributed by atoms with Crippen LogP contribution in [0.1, 0.15) is 33.6 Å². The van der Waals surface area contributed by atoms with E-state index >= 15 is 0 Å². The number of carbonyl (C=O) groups excluding carboxylic acids is 4. The van der Waals surface area contributed by atoms with E-state index < -0.39 is 60.3 Å². The molecule has 0 radical (unpaired) electrons. The van der Waals surface area contributed by atoms with Crippen LogP contribution in [0.2, 0.25) is 0 Å². The van der Waals surface area contributed by atoms with Gasteiger partial charge in [-0.3, -0.25) is 29.0 Å². The van der Waals surface area contributed by atoms with Gasteiger partial charge in [-0.05, 0) is 33.6 Å². The van der Waals surface area contributed by atoms with Crippen LogP contribution in [0.25, 0.3) is 0 Å². The molecule has 14 heteroatoms. The molecule has 0 aliphatic rings. The summed E-state index contributed by atoms with van der Waals surface area (Å²) in [4.78, 5) is 62.9. The largest absolute Gasteiger partial charge is 0.480 e. The first-order chi connectivity index (χ1) is 14.3. The van der Waals surface area contributed by atoms with E-state index in [1.807, 2.05) is 0 Å². The molecule has 0 aromatic rings. The summed E-state index contributed by atoms with van der Waals surface area (Å²) in [5, 5.41) is 18.1. The van der Waals surface area contributed by atoms with Crippen molar-refractivity contribution in [3.63, 3.8) is 0 Å². The van der Waals surface area contributed by atoms with E-state index in [4.69, 9.17) is 22.3 Å². The van der Waals surface area contributed by atoms with Crippen LogP contribution >= 0.6 is 0 Å². The average Bonchev–Trinajstić information content (AvgIpc) is 2.67. The molecule has 0 saturated carbocycles. The van der Waals surface area contributed by atoms with E-state index in [0.717, 1.165) is 0 Å². The summed E-state index contributed by atoms with van der Waals surface area (Å²) in [7, 11) is 0. The maximum atomic E-state index is 12.6. The van der Waals surface area contributed by atoms with Crippen molar-refractivity contribution in [3.8, 4) is 0 Å². The lowest BCUT2D eigenvalue weighted by molar-refractivity contribution is -0.138. The molecule has 176 valence electrons. The van der Waals surface area contributed by atoms with E-state index in [-0.39, 0.29) is 18.9 Å². The lowest BCUT2D eigenvalue weighted by Gasteiger charge is -2.23. The Labute approximate surface area is 179 Å². The molecule has 0 aromatic heterocycles. The minimum absolute atomic E-state index is 0.124. The summed E-state index contributed by atoms with van der Waals surface area (Å²) in [6, 6.07) is -3.91. The van der Waals surface area contributed by atoms with Crippen LogP contribution in [-0.4, -0.2) is 77.9 Å². The number of nitrogens with one attached hydrogen (secondary N) is 4. The number of aliphatic imine (C=N–C) groups is 1. The molecule has 0 spiro atoms. The van der Waals surface area contributed by atoms with Gasteiger partial charge in [0.15, 0.2) is 5.96 Å². The molecule has 31 heavy (non-hydrogen) atoms. The summed E-state index contributed by atoms with van der Waals surface area (Å²) < 4.78 is 0. The number of amides is 4. The molecular formula is C17H32N8O6. The molecule has 4 atom stereocenters. The van der Waals surface area contributed by atoms with Crippen molar-refractivity contribution in [3.05, 3.63) is 0 Å². The van der Waals surface area contributed by atoms with Crippen molar-refractivity contribution in [2.45, 2.75) is 57.8 Å². The predicted molar refractivity (Wildman–Crippen MR) is 111 cm³/mol. The third kappa shape index (κ3) is 12.0. The summed E-state index contributed by atoms with van der Waals surface area (Å²) in [5.74, 6) is -3.93. The summed E-state index contributed by atoms with van der Waals surface area (Å²) in [6.45, 7) is 3.84. The SMILES string of the molecule is C[C@H](N)C(=O)N[C@@H](C)C(=O)N[C@@H](CCCN=C(N)N)C(=O)N[C@@H](C)C(=O)NCC(=O)O. The smallest absolute Gasteiger partial charge is 0.322 e. The minimum atomic E-state index is -1.24. The van der Waals surface area contributed by atoms with E-state index in [2.05, 4.69) is 26.3 Å². The second kappa shape index (κ2) is 13.7. The highest BCUT2D eigenvalue weighted by Crippen LogP contribution is 2.01. The van der Waals surface area contributed by atoms with Crippen LogP contribution in [0, 0.1) is 0 Å². The van der Waals surface area contributed by atoms with Gasteiger partial charge in [0, 0.05) is 6.54 Å². The number of rotatable bonds is 13. The Hall–Kier alpha value is -3.42. The standard InChI is InChI=1S/C17H32N8O6/c1-8(18)13(28)23-10(3)15(30)25-11(5-4-6-21-17(19)20)16(31)24-9(2)14(29)22-7-12(26)27/h8-11H,4-7,18H2,1-3H3,(H,22,29)(H,23,28)(H,24,31)(H,25,30)(H,26,27)(H4,19,20,21)/t8-,9-,10-,11-/m0/s1. The van der Waals surface area contributed by atoms with Gasteiger partial charge in [0.1, 0.15) is 24.7 Å². The predicted octanol–water partition coefficient (Wildman–Crippen LogP) is -3.92. The lowest BCUT2D eigenvalue weighted by Crippen LogP contribution is -2.56. The van der Waals surface area contributed by atoms with Crippen molar-refractivity contribution in [2.24, 2.45) is 22.2 Å². The molecule has 0 heterocycles. The minimum Gasteiger partial charge on any atom is -0.480 e. The normalized spacial score (nSPS) is 14.2. The Morgan fingerprint density at radius 3 is 1.94 bits per heavy atom. The fourth-order valence-corrected chi connectivity index (χ4v) is 2.17. The number of carboxylic acid groups (broad SMARTS) is 1. The third-order valence-corrected chi connectivity index (χ3v) is 3.91. The number of nitrogens with zero attached hydrogens (tertiary/aromatic N) is 1. The van der Waals surface area contributed by atoms with E-state index in [1.165, 1.54) is 20.8 Å². The average molecular weight is 444 g/mol. The number of guanidine groups is 1. The highest BCUT2D eigenvalue weighted by atomic mass is 16.4. The van der Waals surface area contributed by atoms with E-state index in [9.17, 15) is 24.0 Å². The Balaban J connectivity index is 5.08. The zero-order valence-corrected chi connectivity index (χ0v) is 17.8. The topological polar surface area (TPSA) is 244 Å². The van der Waals surface area contributed by atoms with Crippen molar-refractivity contribution in [1.29, 1.82) is 0 Å². The summed E-state index contributed by atoms with van der Waals surface area (Å²) >= 11 is 0. The Morgan fingerprint density at radius 1 is 0.871 bits per heavy atom. The summed E-state index contributed by atoms with van der Waals surface area (Å²) in [5.41, 5.74) is 16.0. The van der Waals surface area contributed by atoms with Crippen molar-refractivity contribution in [1.82, 2.24) is 21.3 Å². The number of carbonyl (C=O) groups is 5. The molecule has 0 rings (SSSR count). The number of aliphatic carboxylic acids is 1. The van der Waals surface area contributed by atoms with Crippen LogP contribution < -0.4 is 38.5 Å². The van der Waals surface area contributed by atoms with Crippen LogP contribution in [-0.2, 0) is 24.0 Å². The van der Waals surface area contributed by atoms with Crippen molar-refractivity contribution < 1.29 is 29.1 Å². The van der Waals surface area contributed by atoms with Crippen LogP contribution in [0.3, 0.4) is 0 Å². The van der Waals surface area contributed by atoms with Crippen LogP contribution in [0.5, 0.6) is 0 Å². The molecule has 0 aliphatic carbocycles. The molecule has 14 nitrogen and oxygen atoms in total. The van der Waals surface area contributed by atoms with Crippen molar-refractivity contribution >= 4 is 35.6 Å². The molecule has 0 bridgehead atoms. The molecule has 4 amide bonds. The fourth-order valence-electron chi connectivity index (χ4n) is 2.17.